The van der Waals surface area contributed by atoms with Crippen LogP contribution in [0.1, 0.15) is 25.0 Å². The topological polar surface area (TPSA) is 113 Å². The van der Waals surface area contributed by atoms with E-state index in [2.05, 4.69) is 23.5 Å². The van der Waals surface area contributed by atoms with Crippen LogP contribution in [0.5, 0.6) is 5.75 Å². The third-order valence-electron chi connectivity index (χ3n) is 3.31. The van der Waals surface area contributed by atoms with Crippen molar-refractivity contribution in [2.45, 2.75) is 27.7 Å². The van der Waals surface area contributed by atoms with Crippen LogP contribution in [0.15, 0.2) is 12.1 Å². The fraction of sp³-hybridized carbons (Fsp3) is 0.625. The first-order chi connectivity index (χ1) is 11.8. The molecular weight excluding hydrogens is 380 g/mol. The van der Waals surface area contributed by atoms with E-state index >= 15 is 0 Å². The molecule has 0 heterocycles. The molecule has 0 fully saturated rings. The van der Waals surface area contributed by atoms with Gasteiger partial charge in [0, 0.05) is 12.2 Å². The molecule has 0 aliphatic carbocycles. The average molecular weight is 411 g/mol. The second-order valence-electron chi connectivity index (χ2n) is 5.92. The van der Waals surface area contributed by atoms with Crippen molar-refractivity contribution in [2.75, 3.05) is 43.5 Å². The van der Waals surface area contributed by atoms with Gasteiger partial charge in [0.15, 0.2) is 0 Å². The summed E-state index contributed by atoms with van der Waals surface area (Å²) in [5.74, 6) is 0.834. The zero-order valence-electron chi connectivity index (χ0n) is 16.2. The van der Waals surface area contributed by atoms with Gasteiger partial charge in [0.1, 0.15) is 12.4 Å². The Bertz CT molecular complexity index is 741. The van der Waals surface area contributed by atoms with Gasteiger partial charge in [-0.05, 0) is 50.2 Å². The van der Waals surface area contributed by atoms with E-state index < -0.39 is 20.1 Å². The number of hydrogen-bond donors (Lipinski definition) is 2. The molecule has 8 nitrogen and oxygen atoms in total. The molecule has 10 heteroatoms. The Morgan fingerprint density at radius 3 is 1.81 bits per heavy atom. The van der Waals surface area contributed by atoms with Gasteiger partial charge in [-0.1, -0.05) is 13.8 Å². The predicted octanol–water partition coefficient (Wildman–Crippen LogP) is 1.90. The van der Waals surface area contributed by atoms with Crippen molar-refractivity contribution in [3.05, 3.63) is 23.3 Å². The number of aryl methyl sites for hydroxylation is 2. The van der Waals surface area contributed by atoms with Gasteiger partial charge in [-0.15, -0.1) is 0 Å². The highest BCUT2D eigenvalue weighted by molar-refractivity contribution is 7.92. The molecule has 0 bridgehead atoms. The van der Waals surface area contributed by atoms with Crippen molar-refractivity contribution < 1.29 is 26.1 Å². The fourth-order valence-corrected chi connectivity index (χ4v) is 2.81. The zero-order chi connectivity index (χ0) is 20.5. The summed E-state index contributed by atoms with van der Waals surface area (Å²) in [6.45, 7) is 11.6. The lowest BCUT2D eigenvalue weighted by atomic mass is 10.1. The Labute approximate surface area is 157 Å². The van der Waals surface area contributed by atoms with Crippen LogP contribution >= 0.6 is 0 Å². The van der Waals surface area contributed by atoms with Crippen LogP contribution in [-0.4, -0.2) is 65.0 Å². The lowest BCUT2D eigenvalue weighted by Crippen LogP contribution is -2.28. The molecule has 0 aliphatic rings. The Balaban J connectivity index is 0.00000110. The highest BCUT2D eigenvalue weighted by Crippen LogP contribution is 2.27. The van der Waals surface area contributed by atoms with Crippen LogP contribution in [0.4, 0.5) is 5.69 Å². The second-order valence-corrected chi connectivity index (χ2v) is 9.14. The van der Waals surface area contributed by atoms with E-state index in [9.17, 15) is 16.8 Å². The highest BCUT2D eigenvalue weighted by atomic mass is 32.2. The summed E-state index contributed by atoms with van der Waals surface area (Å²) < 4.78 is 56.8. The summed E-state index contributed by atoms with van der Waals surface area (Å²) in [5.41, 5.74) is 2.44. The summed E-state index contributed by atoms with van der Waals surface area (Å²) in [6.07, 6.45) is 1.86. The smallest absolute Gasteiger partial charge is 0.261 e. The minimum Gasteiger partial charge on any atom is -0.492 e. The van der Waals surface area contributed by atoms with Crippen LogP contribution in [-0.2, 0) is 20.1 Å². The number of rotatable bonds is 8. The molecule has 1 aromatic rings. The van der Waals surface area contributed by atoms with E-state index in [0.717, 1.165) is 42.8 Å². The first-order valence-electron chi connectivity index (χ1n) is 8.13. The number of anilines is 1. The van der Waals surface area contributed by atoms with E-state index in [0.29, 0.717) is 18.6 Å². The SMILES string of the molecule is CCN(CC)CCOc1c(C)cc(NS(C)(=O)=O)cc1C.CS(=O)(=O)O. The maximum Gasteiger partial charge on any atom is 0.261 e. The summed E-state index contributed by atoms with van der Waals surface area (Å²) in [5, 5.41) is 0. The molecule has 1 rings (SSSR count). The average Bonchev–Trinajstić information content (AvgIpc) is 2.42. The molecule has 152 valence electrons. The van der Waals surface area contributed by atoms with E-state index in [1.54, 1.807) is 12.1 Å². The summed E-state index contributed by atoms with van der Waals surface area (Å²) in [7, 11) is -6.92. The molecule has 0 radical (unpaired) electrons. The zero-order valence-corrected chi connectivity index (χ0v) is 17.9. The van der Waals surface area contributed by atoms with Gasteiger partial charge in [-0.3, -0.25) is 9.27 Å². The monoisotopic (exact) mass is 410 g/mol. The third kappa shape index (κ3) is 12.1. The van der Waals surface area contributed by atoms with Gasteiger partial charge in [0.25, 0.3) is 10.1 Å². The number of likely N-dealkylation sites (N-methyl/N-ethyl adjacent to an activating group) is 1. The van der Waals surface area contributed by atoms with Crippen molar-refractivity contribution in [1.29, 1.82) is 0 Å². The Morgan fingerprint density at radius 1 is 1.04 bits per heavy atom. The standard InChI is InChI=1S/C15H26N2O3S.CH4O3S/c1-6-17(7-2)8-9-20-15-12(3)10-14(11-13(15)4)16-21(5,18)19;1-5(2,3)4/h10-11,16H,6-9H2,1-5H3;1H3,(H,2,3,4). The maximum atomic E-state index is 11.3. The Hall–Kier alpha value is -1.36. The number of ether oxygens (including phenoxy) is 1. The highest BCUT2D eigenvalue weighted by Gasteiger charge is 2.09. The summed E-state index contributed by atoms with van der Waals surface area (Å²) >= 11 is 0. The van der Waals surface area contributed by atoms with E-state index in [4.69, 9.17) is 9.29 Å². The Morgan fingerprint density at radius 2 is 1.46 bits per heavy atom. The van der Waals surface area contributed by atoms with Crippen LogP contribution in [0.3, 0.4) is 0 Å². The molecule has 0 amide bonds. The predicted molar refractivity (Wildman–Crippen MR) is 105 cm³/mol. The van der Waals surface area contributed by atoms with Crippen LogP contribution < -0.4 is 9.46 Å². The van der Waals surface area contributed by atoms with Gasteiger partial charge in [0.05, 0.1) is 12.5 Å². The molecular formula is C16H30N2O6S2. The summed E-state index contributed by atoms with van der Waals surface area (Å²) in [4.78, 5) is 2.30. The molecule has 2 N–H and O–H groups in total. The van der Waals surface area contributed by atoms with Crippen LogP contribution in [0.25, 0.3) is 0 Å². The summed E-state index contributed by atoms with van der Waals surface area (Å²) in [6, 6.07) is 3.58. The molecule has 0 spiro atoms. The first-order valence-corrected chi connectivity index (χ1v) is 11.9. The number of hydrogen-bond acceptors (Lipinski definition) is 6. The van der Waals surface area contributed by atoms with Crippen LogP contribution in [0.2, 0.25) is 0 Å². The molecule has 0 saturated heterocycles. The molecule has 0 unspecified atom stereocenters. The first kappa shape index (κ1) is 24.6. The number of nitrogens with zero attached hydrogens (tertiary/aromatic N) is 1. The van der Waals surface area contributed by atoms with Crippen molar-refractivity contribution in [3.63, 3.8) is 0 Å². The van der Waals surface area contributed by atoms with Crippen molar-refractivity contribution in [3.8, 4) is 5.75 Å². The van der Waals surface area contributed by atoms with Gasteiger partial charge < -0.3 is 9.64 Å². The Kier molecular flexibility index (Phi) is 10.1. The van der Waals surface area contributed by atoms with E-state index in [-0.39, 0.29) is 0 Å². The molecule has 0 saturated carbocycles. The lowest BCUT2D eigenvalue weighted by molar-refractivity contribution is 0.221. The molecule has 0 aromatic heterocycles. The fourth-order valence-electron chi connectivity index (χ4n) is 2.27. The maximum absolute atomic E-state index is 11.3. The number of sulfonamides is 1. The van der Waals surface area contributed by atoms with Crippen molar-refractivity contribution in [2.24, 2.45) is 0 Å². The normalized spacial score (nSPS) is 11.7. The van der Waals surface area contributed by atoms with Gasteiger partial charge in [0.2, 0.25) is 10.0 Å². The van der Waals surface area contributed by atoms with Gasteiger partial charge >= 0.3 is 0 Å². The van der Waals surface area contributed by atoms with Crippen molar-refractivity contribution >= 4 is 25.8 Å². The largest absolute Gasteiger partial charge is 0.492 e. The van der Waals surface area contributed by atoms with Gasteiger partial charge in [-0.25, -0.2) is 8.42 Å². The third-order valence-corrected chi connectivity index (χ3v) is 3.92. The molecule has 26 heavy (non-hydrogen) atoms. The van der Waals surface area contributed by atoms with E-state index in [1.807, 2.05) is 13.8 Å². The van der Waals surface area contributed by atoms with E-state index in [1.165, 1.54) is 0 Å². The van der Waals surface area contributed by atoms with Gasteiger partial charge in [-0.2, -0.15) is 8.42 Å². The lowest BCUT2D eigenvalue weighted by Gasteiger charge is -2.20. The number of nitrogens with one attached hydrogen (secondary N) is 1. The minimum absolute atomic E-state index is 0.573. The molecule has 0 atom stereocenters. The molecule has 1 aromatic carbocycles. The second kappa shape index (κ2) is 10.7. The minimum atomic E-state index is -3.67. The van der Waals surface area contributed by atoms with Crippen molar-refractivity contribution in [1.82, 2.24) is 4.90 Å². The molecule has 0 aliphatic heterocycles. The number of benzene rings is 1. The quantitative estimate of drug-likeness (QED) is 0.629. The van der Waals surface area contributed by atoms with Crippen LogP contribution in [0, 0.1) is 13.8 Å².